The third kappa shape index (κ3) is 3.94. The first-order valence-electron chi connectivity index (χ1n) is 7.18. The summed E-state index contributed by atoms with van der Waals surface area (Å²) in [6.45, 7) is 6.58. The number of halogens is 1. The van der Waals surface area contributed by atoms with Crippen LogP contribution in [0.3, 0.4) is 0 Å². The van der Waals surface area contributed by atoms with Crippen LogP contribution in [0.1, 0.15) is 49.0 Å². The van der Waals surface area contributed by atoms with E-state index in [4.69, 9.17) is 0 Å². The molecule has 106 valence electrons. The van der Waals surface area contributed by atoms with E-state index in [1.165, 1.54) is 16.7 Å². The van der Waals surface area contributed by atoms with E-state index < -0.39 is 0 Å². The molecule has 0 bridgehead atoms. The quantitative estimate of drug-likeness (QED) is 0.756. The summed E-state index contributed by atoms with van der Waals surface area (Å²) in [5.74, 6) is 0. The summed E-state index contributed by atoms with van der Waals surface area (Å²) in [6.07, 6.45) is 1.09. The Morgan fingerprint density at radius 3 is 2.05 bits per heavy atom. The summed E-state index contributed by atoms with van der Waals surface area (Å²) in [5.41, 5.74) is 3.99. The zero-order valence-electron chi connectivity index (χ0n) is 12.4. The fraction of sp³-hybridized carbons (Fsp3) is 0.333. The average Bonchev–Trinajstić information content (AvgIpc) is 2.46. The Labute approximate surface area is 130 Å². The first-order valence-corrected chi connectivity index (χ1v) is 7.97. The topological polar surface area (TPSA) is 12.0 Å². The molecular formula is C18H22BrN. The number of nitrogens with one attached hydrogen (secondary N) is 1. The lowest BCUT2D eigenvalue weighted by molar-refractivity contribution is 0.456. The van der Waals surface area contributed by atoms with E-state index in [0.29, 0.717) is 12.1 Å². The van der Waals surface area contributed by atoms with Gasteiger partial charge in [-0.3, -0.25) is 0 Å². The van der Waals surface area contributed by atoms with E-state index in [0.717, 1.165) is 10.9 Å². The minimum Gasteiger partial charge on any atom is -0.303 e. The van der Waals surface area contributed by atoms with Crippen LogP contribution in [0.4, 0.5) is 0 Å². The van der Waals surface area contributed by atoms with Gasteiger partial charge in [-0.15, -0.1) is 0 Å². The minimum absolute atomic E-state index is 0.342. The minimum atomic E-state index is 0.342. The molecule has 1 unspecified atom stereocenters. The molecule has 0 aliphatic carbocycles. The smallest absolute Gasteiger partial charge is 0.0323 e. The van der Waals surface area contributed by atoms with Gasteiger partial charge in [0.15, 0.2) is 0 Å². The Morgan fingerprint density at radius 2 is 1.50 bits per heavy atom. The van der Waals surface area contributed by atoms with E-state index in [1.54, 1.807) is 0 Å². The number of hydrogen-bond acceptors (Lipinski definition) is 1. The highest BCUT2D eigenvalue weighted by Crippen LogP contribution is 2.23. The van der Waals surface area contributed by atoms with Crippen molar-refractivity contribution >= 4 is 15.9 Å². The summed E-state index contributed by atoms with van der Waals surface area (Å²) >= 11 is 3.48. The summed E-state index contributed by atoms with van der Waals surface area (Å²) in [4.78, 5) is 0. The van der Waals surface area contributed by atoms with Gasteiger partial charge in [-0.05, 0) is 43.5 Å². The first-order chi connectivity index (χ1) is 9.60. The Kier molecular flexibility index (Phi) is 5.38. The molecule has 2 rings (SSSR count). The Bertz CT molecular complexity index is 530. The summed E-state index contributed by atoms with van der Waals surface area (Å²) < 4.78 is 1.12. The number of aryl methyl sites for hydroxylation is 1. The molecular weight excluding hydrogens is 310 g/mol. The number of hydrogen-bond donors (Lipinski definition) is 1. The fourth-order valence-electron chi connectivity index (χ4n) is 2.40. The van der Waals surface area contributed by atoms with Crippen LogP contribution in [-0.4, -0.2) is 0 Å². The van der Waals surface area contributed by atoms with Crippen molar-refractivity contribution in [3.63, 3.8) is 0 Å². The van der Waals surface area contributed by atoms with E-state index in [-0.39, 0.29) is 0 Å². The predicted octanol–water partition coefficient (Wildman–Crippen LogP) is 5.56. The summed E-state index contributed by atoms with van der Waals surface area (Å²) in [7, 11) is 0. The van der Waals surface area contributed by atoms with Crippen LogP contribution in [0.5, 0.6) is 0 Å². The molecule has 0 amide bonds. The standard InChI is InChI=1S/C18H22BrN/c1-4-18(16-7-5-13(2)6-8-16)20-14(3)15-9-11-17(19)12-10-15/h5-12,14,18,20H,4H2,1-3H3/t14-,18?/m1/s1. The van der Waals surface area contributed by atoms with Gasteiger partial charge in [-0.2, -0.15) is 0 Å². The highest BCUT2D eigenvalue weighted by Gasteiger charge is 2.13. The molecule has 1 nitrogen and oxygen atoms in total. The normalized spacial score (nSPS) is 14.0. The van der Waals surface area contributed by atoms with E-state index in [9.17, 15) is 0 Å². The first kappa shape index (κ1) is 15.3. The van der Waals surface area contributed by atoms with Crippen molar-refractivity contribution in [1.82, 2.24) is 5.32 Å². The van der Waals surface area contributed by atoms with Crippen molar-refractivity contribution in [2.75, 3.05) is 0 Å². The molecule has 2 aromatic carbocycles. The monoisotopic (exact) mass is 331 g/mol. The Hall–Kier alpha value is -1.12. The maximum absolute atomic E-state index is 3.72. The average molecular weight is 332 g/mol. The van der Waals surface area contributed by atoms with Gasteiger partial charge in [-0.25, -0.2) is 0 Å². The number of rotatable bonds is 5. The van der Waals surface area contributed by atoms with Crippen molar-refractivity contribution in [1.29, 1.82) is 0 Å². The van der Waals surface area contributed by atoms with Crippen LogP contribution in [0, 0.1) is 6.92 Å². The highest BCUT2D eigenvalue weighted by atomic mass is 79.9. The zero-order chi connectivity index (χ0) is 14.5. The highest BCUT2D eigenvalue weighted by molar-refractivity contribution is 9.10. The van der Waals surface area contributed by atoms with Crippen molar-refractivity contribution in [2.24, 2.45) is 0 Å². The largest absolute Gasteiger partial charge is 0.303 e. The molecule has 2 heteroatoms. The molecule has 1 N–H and O–H groups in total. The molecule has 0 aliphatic heterocycles. The lowest BCUT2D eigenvalue weighted by atomic mass is 10.0. The van der Waals surface area contributed by atoms with Crippen LogP contribution in [0.25, 0.3) is 0 Å². The molecule has 20 heavy (non-hydrogen) atoms. The summed E-state index contributed by atoms with van der Waals surface area (Å²) in [5, 5.41) is 3.72. The second-order valence-corrected chi connectivity index (χ2v) is 6.23. The molecule has 0 aromatic heterocycles. The van der Waals surface area contributed by atoms with E-state index in [1.807, 2.05) is 0 Å². The maximum Gasteiger partial charge on any atom is 0.0323 e. The third-order valence-electron chi connectivity index (χ3n) is 3.71. The lowest BCUT2D eigenvalue weighted by Gasteiger charge is -2.23. The lowest BCUT2D eigenvalue weighted by Crippen LogP contribution is -2.24. The van der Waals surface area contributed by atoms with Gasteiger partial charge in [0.25, 0.3) is 0 Å². The molecule has 0 heterocycles. The molecule has 0 aliphatic rings. The van der Waals surface area contributed by atoms with Gasteiger partial charge in [0.05, 0.1) is 0 Å². The van der Waals surface area contributed by atoms with Gasteiger partial charge in [0.2, 0.25) is 0 Å². The molecule has 0 radical (unpaired) electrons. The fourth-order valence-corrected chi connectivity index (χ4v) is 2.66. The van der Waals surface area contributed by atoms with Gasteiger partial charge in [0.1, 0.15) is 0 Å². The van der Waals surface area contributed by atoms with Crippen molar-refractivity contribution in [2.45, 2.75) is 39.3 Å². The molecule has 2 atom stereocenters. The van der Waals surface area contributed by atoms with Crippen LogP contribution in [-0.2, 0) is 0 Å². The van der Waals surface area contributed by atoms with Crippen molar-refractivity contribution in [3.8, 4) is 0 Å². The third-order valence-corrected chi connectivity index (χ3v) is 4.24. The second-order valence-electron chi connectivity index (χ2n) is 5.31. The van der Waals surface area contributed by atoms with Crippen LogP contribution in [0.15, 0.2) is 53.0 Å². The molecule has 0 saturated carbocycles. The van der Waals surface area contributed by atoms with Crippen LogP contribution < -0.4 is 5.32 Å². The predicted molar refractivity (Wildman–Crippen MR) is 89.9 cm³/mol. The zero-order valence-corrected chi connectivity index (χ0v) is 13.9. The molecule has 2 aromatic rings. The SMILES string of the molecule is CCC(N[C@H](C)c1ccc(Br)cc1)c1ccc(C)cc1. The van der Waals surface area contributed by atoms with Gasteiger partial charge in [0, 0.05) is 16.6 Å². The van der Waals surface area contributed by atoms with Gasteiger partial charge in [-0.1, -0.05) is 64.8 Å². The Balaban J connectivity index is 2.09. The maximum atomic E-state index is 3.72. The van der Waals surface area contributed by atoms with E-state index in [2.05, 4.69) is 90.5 Å². The molecule has 0 saturated heterocycles. The van der Waals surface area contributed by atoms with Crippen LogP contribution in [0.2, 0.25) is 0 Å². The van der Waals surface area contributed by atoms with Gasteiger partial charge >= 0.3 is 0 Å². The van der Waals surface area contributed by atoms with Crippen molar-refractivity contribution in [3.05, 3.63) is 69.7 Å². The Morgan fingerprint density at radius 1 is 0.950 bits per heavy atom. The van der Waals surface area contributed by atoms with Crippen molar-refractivity contribution < 1.29 is 0 Å². The van der Waals surface area contributed by atoms with Crippen LogP contribution >= 0.6 is 15.9 Å². The van der Waals surface area contributed by atoms with E-state index >= 15 is 0 Å². The molecule has 0 spiro atoms. The number of benzene rings is 2. The molecule has 0 fully saturated rings. The second kappa shape index (κ2) is 7.05. The summed E-state index contributed by atoms with van der Waals surface area (Å²) in [6, 6.07) is 18.1. The van der Waals surface area contributed by atoms with Gasteiger partial charge < -0.3 is 5.32 Å².